The van der Waals surface area contributed by atoms with E-state index in [9.17, 15) is 18.8 Å². The van der Waals surface area contributed by atoms with Crippen molar-refractivity contribution in [3.63, 3.8) is 0 Å². The second-order valence-electron chi connectivity index (χ2n) is 5.25. The smallest absolute Gasteiger partial charge is 0.294 e. The number of nitrogens with two attached hydrogens (primary N) is 1. The lowest BCUT2D eigenvalue weighted by Gasteiger charge is -2.17. The van der Waals surface area contributed by atoms with Crippen molar-refractivity contribution in [3.8, 4) is 0 Å². The van der Waals surface area contributed by atoms with E-state index >= 15 is 0 Å². The molecule has 2 aliphatic rings. The molecule has 1 fully saturated rings. The number of anilines is 1. The summed E-state index contributed by atoms with van der Waals surface area (Å²) in [5, 5.41) is 4.91. The molecule has 0 aliphatic heterocycles. The van der Waals surface area contributed by atoms with Crippen molar-refractivity contribution in [2.24, 2.45) is 16.9 Å². The number of halogens is 1. The molecule has 1 aromatic carbocycles. The molecule has 0 spiro atoms. The van der Waals surface area contributed by atoms with Gasteiger partial charge in [-0.1, -0.05) is 12.2 Å². The number of rotatable bonds is 2. The van der Waals surface area contributed by atoms with Crippen molar-refractivity contribution < 1.29 is 18.8 Å². The minimum Gasteiger partial charge on any atom is -0.294 e. The number of nitrogens with one attached hydrogen (secondary N) is 1. The number of hydrogen-bond donors (Lipinski definition) is 2. The summed E-state index contributed by atoms with van der Waals surface area (Å²) in [4.78, 5) is 36.2. The van der Waals surface area contributed by atoms with Crippen molar-refractivity contribution >= 4 is 29.0 Å². The average molecular weight is 328 g/mol. The molecule has 3 rings (SSSR count). The second kappa shape index (κ2) is 6.17. The van der Waals surface area contributed by atoms with Crippen LogP contribution in [-0.4, -0.2) is 23.3 Å². The fourth-order valence-corrected chi connectivity index (χ4v) is 2.60. The third kappa shape index (κ3) is 2.74. The van der Waals surface area contributed by atoms with E-state index in [1.807, 2.05) is 5.43 Å². The van der Waals surface area contributed by atoms with E-state index in [1.54, 1.807) is 6.08 Å². The minimum atomic E-state index is -0.796. The number of allylic oxidation sites excluding steroid dienone is 4. The maximum atomic E-state index is 13.1. The van der Waals surface area contributed by atoms with E-state index in [0.29, 0.717) is 5.57 Å². The van der Waals surface area contributed by atoms with E-state index in [4.69, 9.17) is 5.84 Å². The summed E-state index contributed by atoms with van der Waals surface area (Å²) in [6.07, 6.45) is 4.58. The van der Waals surface area contributed by atoms with Crippen LogP contribution in [0.1, 0.15) is 6.42 Å². The van der Waals surface area contributed by atoms with Crippen LogP contribution in [0, 0.1) is 11.7 Å². The zero-order valence-electron chi connectivity index (χ0n) is 12.4. The van der Waals surface area contributed by atoms with Gasteiger partial charge in [0.25, 0.3) is 0 Å². The largest absolute Gasteiger partial charge is 0.356 e. The molecule has 3 N–H and O–H groups in total. The number of carbonyl (C=O) groups is 3. The molecular formula is C16H13FN4O3. The highest BCUT2D eigenvalue weighted by atomic mass is 19.1. The summed E-state index contributed by atoms with van der Waals surface area (Å²) in [5.41, 5.74) is 2.57. The van der Waals surface area contributed by atoms with Crippen LogP contribution in [0.15, 0.2) is 53.2 Å². The van der Waals surface area contributed by atoms with Gasteiger partial charge in [-0.2, -0.15) is 10.1 Å². The monoisotopic (exact) mass is 328 g/mol. The van der Waals surface area contributed by atoms with Gasteiger partial charge < -0.3 is 0 Å². The molecule has 1 atom stereocenters. The molecular weight excluding hydrogens is 315 g/mol. The number of benzene rings is 1. The summed E-state index contributed by atoms with van der Waals surface area (Å²) in [6.45, 7) is 0. The van der Waals surface area contributed by atoms with Crippen LogP contribution < -0.4 is 16.3 Å². The average Bonchev–Trinajstić information content (AvgIpc) is 2.91. The third-order valence-electron chi connectivity index (χ3n) is 3.78. The number of hydrazone groups is 1. The van der Waals surface area contributed by atoms with E-state index < -0.39 is 23.5 Å². The number of urea groups is 1. The van der Waals surface area contributed by atoms with Gasteiger partial charge in [0.1, 0.15) is 11.5 Å². The molecule has 0 bridgehead atoms. The van der Waals surface area contributed by atoms with Gasteiger partial charge in [0.2, 0.25) is 5.78 Å². The molecule has 122 valence electrons. The van der Waals surface area contributed by atoms with Gasteiger partial charge in [0.15, 0.2) is 5.78 Å². The van der Waals surface area contributed by atoms with Gasteiger partial charge in [-0.25, -0.2) is 15.0 Å². The Balaban J connectivity index is 1.97. The Labute approximate surface area is 136 Å². The summed E-state index contributed by atoms with van der Waals surface area (Å²) in [6, 6.07) is 4.16. The van der Waals surface area contributed by atoms with E-state index in [0.717, 1.165) is 17.1 Å². The Bertz CT molecular complexity index is 811. The van der Waals surface area contributed by atoms with Crippen molar-refractivity contribution in [3.05, 3.63) is 53.9 Å². The zero-order valence-corrected chi connectivity index (χ0v) is 12.4. The topological polar surface area (TPSA) is 105 Å². The van der Waals surface area contributed by atoms with Crippen LogP contribution in [0.4, 0.5) is 14.9 Å². The number of carbonyl (C=O) groups excluding carboxylic acids is 3. The standard InChI is InChI=1S/C16H13FN4O3/c17-9-4-6-10(7-5-9)21(16(24)19-18)20-13-8-12-11(15(13)23)2-1-3-14(12)22/h1-7,12H,8,18H2,(H,19,24)/b20-13-. The lowest BCUT2D eigenvalue weighted by atomic mass is 9.93. The van der Waals surface area contributed by atoms with Crippen LogP contribution in [0.3, 0.4) is 0 Å². The number of Topliss-reactive ketones (excluding diaryl/α,β-unsaturated/α-hetero) is 1. The van der Waals surface area contributed by atoms with Crippen LogP contribution in [-0.2, 0) is 9.59 Å². The highest BCUT2D eigenvalue weighted by Crippen LogP contribution is 2.31. The molecule has 24 heavy (non-hydrogen) atoms. The highest BCUT2D eigenvalue weighted by molar-refractivity contribution is 6.50. The van der Waals surface area contributed by atoms with Gasteiger partial charge in [-0.15, -0.1) is 0 Å². The Morgan fingerprint density at radius 3 is 2.62 bits per heavy atom. The predicted octanol–water partition coefficient (Wildman–Crippen LogP) is 1.23. The highest BCUT2D eigenvalue weighted by Gasteiger charge is 2.39. The summed E-state index contributed by atoms with van der Waals surface area (Å²) >= 11 is 0. The zero-order chi connectivity index (χ0) is 17.3. The number of fused-ring (bicyclic) bond motifs is 1. The number of hydrazine groups is 1. The Morgan fingerprint density at radius 2 is 2.00 bits per heavy atom. The van der Waals surface area contributed by atoms with Gasteiger partial charge >= 0.3 is 6.03 Å². The van der Waals surface area contributed by atoms with Crippen LogP contribution in [0.2, 0.25) is 0 Å². The normalized spacial score (nSPS) is 20.8. The first-order valence-corrected chi connectivity index (χ1v) is 7.12. The maximum Gasteiger partial charge on any atom is 0.356 e. The molecule has 8 heteroatoms. The lowest BCUT2D eigenvalue weighted by molar-refractivity contribution is -0.118. The maximum absolute atomic E-state index is 13.1. The van der Waals surface area contributed by atoms with Crippen LogP contribution in [0.25, 0.3) is 0 Å². The van der Waals surface area contributed by atoms with Gasteiger partial charge in [-0.3, -0.25) is 15.0 Å². The van der Waals surface area contributed by atoms with Crippen molar-refractivity contribution in [2.45, 2.75) is 6.42 Å². The Morgan fingerprint density at radius 1 is 1.29 bits per heavy atom. The Kier molecular flexibility index (Phi) is 4.05. The number of nitrogens with zero attached hydrogens (tertiary/aromatic N) is 2. The number of hydrogen-bond acceptors (Lipinski definition) is 5. The third-order valence-corrected chi connectivity index (χ3v) is 3.78. The Hall–Kier alpha value is -3.13. The first-order valence-electron chi connectivity index (χ1n) is 7.12. The van der Waals surface area contributed by atoms with Gasteiger partial charge in [0.05, 0.1) is 11.6 Å². The van der Waals surface area contributed by atoms with E-state index in [1.165, 1.54) is 24.3 Å². The SMILES string of the molecule is NNC(=O)N(/N=C1/CC2C(=O)C=CC=C2C1=O)c1ccc(F)cc1. The fourth-order valence-electron chi connectivity index (χ4n) is 2.60. The van der Waals surface area contributed by atoms with E-state index in [-0.39, 0.29) is 23.6 Å². The molecule has 7 nitrogen and oxygen atoms in total. The van der Waals surface area contributed by atoms with Gasteiger partial charge in [-0.05, 0) is 30.3 Å². The summed E-state index contributed by atoms with van der Waals surface area (Å²) in [7, 11) is 0. The minimum absolute atomic E-state index is 0.0659. The van der Waals surface area contributed by atoms with Crippen LogP contribution >= 0.6 is 0 Å². The number of ketones is 2. The molecule has 1 unspecified atom stereocenters. The molecule has 0 saturated heterocycles. The number of amides is 2. The fraction of sp³-hybridized carbons (Fsp3) is 0.125. The summed E-state index contributed by atoms with van der Waals surface area (Å²) < 4.78 is 13.1. The molecule has 0 radical (unpaired) electrons. The first-order chi connectivity index (χ1) is 11.5. The lowest BCUT2D eigenvalue weighted by Crippen LogP contribution is -2.41. The second-order valence-corrected chi connectivity index (χ2v) is 5.25. The molecule has 1 saturated carbocycles. The molecule has 0 aromatic heterocycles. The first kappa shape index (κ1) is 15.8. The quantitative estimate of drug-likeness (QED) is 0.484. The van der Waals surface area contributed by atoms with Crippen molar-refractivity contribution in [1.29, 1.82) is 0 Å². The molecule has 2 aliphatic carbocycles. The summed E-state index contributed by atoms with van der Waals surface area (Å²) in [5.74, 6) is 3.52. The molecule has 1 aromatic rings. The molecule has 0 heterocycles. The van der Waals surface area contributed by atoms with Gasteiger partial charge in [0, 0.05) is 12.0 Å². The van der Waals surface area contributed by atoms with Crippen molar-refractivity contribution in [1.82, 2.24) is 5.43 Å². The molecule has 2 amide bonds. The predicted molar refractivity (Wildman–Crippen MR) is 84.4 cm³/mol. The van der Waals surface area contributed by atoms with Crippen LogP contribution in [0.5, 0.6) is 0 Å². The van der Waals surface area contributed by atoms with Crippen molar-refractivity contribution in [2.75, 3.05) is 5.01 Å². The van der Waals surface area contributed by atoms with E-state index in [2.05, 4.69) is 5.10 Å².